The van der Waals surface area contributed by atoms with E-state index in [-0.39, 0.29) is 62.3 Å². The van der Waals surface area contributed by atoms with E-state index in [1.165, 1.54) is 74.2 Å². The number of nitrogens with two attached hydrogens (primary N) is 2. The number of H-pyrrole nitrogens is 4. The molecule has 18 amide bonds. The van der Waals surface area contributed by atoms with Gasteiger partial charge >= 0.3 is 5.97 Å². The van der Waals surface area contributed by atoms with Crippen LogP contribution in [0.2, 0.25) is 0 Å². The molecule has 0 radical (unpaired) electrons. The molecule has 26 N–H and O–H groups in total. The molecule has 7 aromatic carbocycles. The Balaban J connectivity index is 0.784. The van der Waals surface area contributed by atoms with Gasteiger partial charge in [-0.25, -0.2) is 9.78 Å². The molecular formula is C103H113N23O23. The maximum Gasteiger partial charge on any atom is 0.326 e. The van der Waals surface area contributed by atoms with E-state index in [4.69, 9.17) is 11.5 Å². The summed E-state index contributed by atoms with van der Waals surface area (Å²) in [6.45, 7) is -0.0148. The van der Waals surface area contributed by atoms with Crippen LogP contribution in [0.1, 0.15) is 90.6 Å². The van der Waals surface area contributed by atoms with Crippen molar-refractivity contribution in [1.29, 1.82) is 0 Å². The van der Waals surface area contributed by atoms with Crippen molar-refractivity contribution in [3.8, 4) is 11.5 Å². The molecule has 0 spiro atoms. The number of carbonyl (C=O) groups is 20. The lowest BCUT2D eigenvalue weighted by Crippen LogP contribution is -2.62. The molecule has 0 saturated carbocycles. The number of carboxylic acid groups (broad SMARTS) is 1. The smallest absolute Gasteiger partial charge is 0.326 e. The van der Waals surface area contributed by atoms with Crippen LogP contribution >= 0.6 is 0 Å². The van der Waals surface area contributed by atoms with E-state index < -0.39 is 261 Å². The number of aromatic hydroxyl groups is 2. The first-order valence-corrected chi connectivity index (χ1v) is 47.8. The minimum absolute atomic E-state index is 0.107. The monoisotopic (exact) mass is 2040 g/mol. The van der Waals surface area contributed by atoms with Gasteiger partial charge in [0.25, 0.3) is 5.91 Å². The fraction of sp³-hybridized carbons (Fsp3) is 0.311. The molecule has 2 saturated heterocycles. The number of fused-ring (bicyclic) bond motifs is 4. The number of aliphatic carboxylic acids is 1. The molecule has 0 aliphatic carbocycles. The number of benzene rings is 7. The van der Waals surface area contributed by atoms with Gasteiger partial charge in [0.2, 0.25) is 100 Å². The number of hydrogen-bond donors (Lipinski definition) is 24. The van der Waals surface area contributed by atoms with Gasteiger partial charge in [-0.05, 0) is 108 Å². The zero-order chi connectivity index (χ0) is 107. The summed E-state index contributed by atoms with van der Waals surface area (Å²) in [6, 6.07) is 22.8. The first-order valence-electron chi connectivity index (χ1n) is 47.8. The first kappa shape index (κ1) is 108. The quantitative estimate of drug-likeness (QED) is 0.0187. The van der Waals surface area contributed by atoms with Gasteiger partial charge in [-0.1, -0.05) is 140 Å². The highest BCUT2D eigenvalue weighted by Gasteiger charge is 2.43. The Bertz CT molecular complexity index is 6790. The van der Waals surface area contributed by atoms with Gasteiger partial charge in [0.1, 0.15) is 90.0 Å². The second-order valence-electron chi connectivity index (χ2n) is 36.2. The Hall–Kier alpha value is -18.4. The summed E-state index contributed by atoms with van der Waals surface area (Å²) >= 11 is 0. The molecule has 0 unspecified atom stereocenters. The Morgan fingerprint density at radius 2 is 0.839 bits per heavy atom. The van der Waals surface area contributed by atoms with Crippen molar-refractivity contribution in [3.63, 3.8) is 0 Å². The van der Waals surface area contributed by atoms with E-state index in [9.17, 15) is 77.6 Å². The van der Waals surface area contributed by atoms with Gasteiger partial charge in [0, 0.05) is 121 Å². The van der Waals surface area contributed by atoms with Crippen molar-refractivity contribution >= 4 is 151 Å². The van der Waals surface area contributed by atoms with Crippen molar-refractivity contribution < 1.29 is 111 Å². The number of aromatic nitrogens is 5. The fourth-order valence-corrected chi connectivity index (χ4v) is 17.5. The van der Waals surface area contributed by atoms with Crippen molar-refractivity contribution in [2.75, 3.05) is 19.6 Å². The second kappa shape index (κ2) is 50.7. The number of Topliss-reactive ketones (excluding diaryl/α,β-unsaturated/α-hetero) is 1. The average molecular weight is 2040 g/mol. The summed E-state index contributed by atoms with van der Waals surface area (Å²) in [7, 11) is 0. The normalized spacial score (nSPS) is 18.8. The average Bonchev–Trinajstić information content (AvgIpc) is 1.70. The van der Waals surface area contributed by atoms with Crippen LogP contribution in [0.5, 0.6) is 11.5 Å². The van der Waals surface area contributed by atoms with Crippen LogP contribution in [0.15, 0.2) is 213 Å². The second-order valence-corrected chi connectivity index (χ2v) is 36.2. The number of phenolic OH excluding ortho intramolecular Hbond substituents is 2. The number of ketones is 1. The molecule has 2 fully saturated rings. The highest BCUT2D eigenvalue weighted by molar-refractivity contribution is 6.09. The highest BCUT2D eigenvalue weighted by atomic mass is 16.4. The van der Waals surface area contributed by atoms with Crippen LogP contribution in [0.4, 0.5) is 0 Å². The summed E-state index contributed by atoms with van der Waals surface area (Å²) in [5.41, 5.74) is 16.4. The van der Waals surface area contributed by atoms with Gasteiger partial charge in [0.05, 0.1) is 38.7 Å². The highest BCUT2D eigenvalue weighted by Crippen LogP contribution is 2.27. The van der Waals surface area contributed by atoms with Crippen molar-refractivity contribution in [1.82, 2.24) is 110 Å². The van der Waals surface area contributed by atoms with Crippen LogP contribution in [-0.2, 0) is 147 Å². The molecule has 2 aliphatic heterocycles. The number of phenols is 2. The molecule has 13 rings (SSSR count). The molecular weight excluding hydrogens is 1930 g/mol. The number of aromatic amines is 4. The van der Waals surface area contributed by atoms with Crippen LogP contribution in [0.25, 0.3) is 32.7 Å². The molecule has 46 heteroatoms. The van der Waals surface area contributed by atoms with Crippen molar-refractivity contribution in [2.45, 2.75) is 182 Å². The SMILES string of the molecule is CC(=O)[C@@H]1NC(=O)CNC(=O)[C@H](Cc2cnc[nH]2)NC(=O)[C@H](Cc2c[nH]c3ccccc23)NC(=O)[C@H](CC(N)=O)NC(=O)CNC(=O)C[C@@H](C(=O)N[C@@H](Cc2c[nH]c3ccccc23)C(=O)N[C@@H](Cc2ccccc2)C(=O)N[C@@H](Cc2ccccc2)C(=O)N[C@@H](CC(N)=O)C(=O)N[C@@H](Cc2ccc(O)cc2)C(=O)N[C@@H](Cc2ccc(O)cc2)C(=O)N[C@@H](Cc2c[nH]c3ccccc23)C(=O)O)NC(=O)[C@H]2CCCN2C(=O)[C@H](C)NC1=O. The van der Waals surface area contributed by atoms with E-state index in [0.717, 1.165) is 11.8 Å². The Kier molecular flexibility index (Phi) is 36.7. The largest absolute Gasteiger partial charge is 0.508 e. The van der Waals surface area contributed by atoms with Gasteiger partial charge in [-0.15, -0.1) is 0 Å². The van der Waals surface area contributed by atoms with E-state index in [0.29, 0.717) is 71.7 Å². The third kappa shape index (κ3) is 30.1. The summed E-state index contributed by atoms with van der Waals surface area (Å²) in [5.74, 6) is -23.2. The van der Waals surface area contributed by atoms with Crippen LogP contribution < -0.4 is 91.2 Å². The van der Waals surface area contributed by atoms with E-state index in [2.05, 4.69) is 105 Å². The first-order chi connectivity index (χ1) is 71.4. The molecule has 778 valence electrons. The molecule has 14 atom stereocenters. The molecule has 2 aliphatic rings. The summed E-state index contributed by atoms with van der Waals surface area (Å²) in [5, 5.41) is 70.5. The van der Waals surface area contributed by atoms with Gasteiger partial charge < -0.3 is 131 Å². The van der Waals surface area contributed by atoms with E-state index in [1.54, 1.807) is 146 Å². The lowest BCUT2D eigenvalue weighted by atomic mass is 10.00. The number of primary amides is 2. The number of para-hydroxylation sites is 3. The summed E-state index contributed by atoms with van der Waals surface area (Å²) in [6.07, 6.45) is 1.29. The Morgan fingerprint density at radius 1 is 0.416 bits per heavy atom. The number of carboxylic acids is 1. The summed E-state index contributed by atoms with van der Waals surface area (Å²) in [4.78, 5) is 307. The molecule has 6 heterocycles. The number of hydrogen-bond acceptors (Lipinski definition) is 23. The minimum Gasteiger partial charge on any atom is -0.508 e. The van der Waals surface area contributed by atoms with E-state index in [1.807, 2.05) is 0 Å². The van der Waals surface area contributed by atoms with Gasteiger partial charge in [-0.2, -0.15) is 0 Å². The zero-order valence-electron chi connectivity index (χ0n) is 80.7. The number of rotatable bonds is 36. The van der Waals surface area contributed by atoms with Crippen molar-refractivity contribution in [3.05, 3.63) is 258 Å². The van der Waals surface area contributed by atoms with Gasteiger partial charge in [0.15, 0.2) is 11.8 Å². The Morgan fingerprint density at radius 3 is 1.32 bits per heavy atom. The van der Waals surface area contributed by atoms with Crippen molar-refractivity contribution in [2.24, 2.45) is 11.5 Å². The molecule has 46 nitrogen and oxygen atoms in total. The zero-order valence-corrected chi connectivity index (χ0v) is 80.7. The van der Waals surface area contributed by atoms with Crippen LogP contribution in [0, 0.1) is 0 Å². The van der Waals surface area contributed by atoms with E-state index >= 15 is 33.6 Å². The lowest BCUT2D eigenvalue weighted by molar-refractivity contribution is -0.143. The lowest BCUT2D eigenvalue weighted by Gasteiger charge is -2.30. The van der Waals surface area contributed by atoms with Crippen LogP contribution in [-0.4, -0.2) is 267 Å². The molecule has 0 bridgehead atoms. The maximum absolute atomic E-state index is 15.9. The molecule has 4 aromatic heterocycles. The number of nitrogens with one attached hydrogen (secondary N) is 19. The molecule has 149 heavy (non-hydrogen) atoms. The predicted molar refractivity (Wildman–Crippen MR) is 534 cm³/mol. The number of nitrogens with zero attached hydrogens (tertiary/aromatic N) is 2. The third-order valence-electron chi connectivity index (χ3n) is 25.2. The maximum atomic E-state index is 15.9. The fourth-order valence-electron chi connectivity index (χ4n) is 17.5. The predicted octanol–water partition coefficient (Wildman–Crippen LogP) is -2.12. The van der Waals surface area contributed by atoms with Gasteiger partial charge in [-0.3, -0.25) is 91.1 Å². The topological polar surface area (TPSA) is 714 Å². The van der Waals surface area contributed by atoms with Crippen LogP contribution in [0.3, 0.4) is 0 Å². The number of imidazole rings is 1. The number of amides is 18. The minimum atomic E-state index is -2.12. The molecule has 11 aromatic rings. The summed E-state index contributed by atoms with van der Waals surface area (Å²) < 4.78 is 0. The number of carbonyl (C=O) groups excluding carboxylic acids is 19. The standard InChI is InChI=1S/C103H113N23O23/c1-54-102(147)126-35-15-26-83(126)100(145)123-81(46-86(132)110-51-87(133)114-79(44-84(104)130)97(142)119-77(41-61-48-108-70-24-13-10-21-67(61)70)96(141)121-78(43-63-50-106-53-112-63)90(135)111-52-88(134)125-89(55(2)127)101(146)113-54)99(144)120-76(40-60-47-107-69-23-12-9-20-66(60)69)95(140)117-72(36-56-16-5-3-6-17-56)91(136)115-73(37-57-18-7-4-8-19-57)93(138)122-80(45-85(105)131)98(143)118-74(38-58-27-31-64(128)32-28-58)92(137)116-75(39-59-29-33-65(129)34-30-59)94(139)124-82(103(148)149)42-62-49-109-71-25-14-11-22-68(62)71/h3-14,16-25,27-34,47-50,53-54,72-83,89,107-109,128-129H,15,26,35-46,51-52H2,1-2H3,(H2,104,130)(H2,105,131)(H,106,112)(H,110,132)(H,111,135)(H,113,146)(H,114,133)(H,115,136)(H,116,137)(H,117,140)(H,118,143)(H,119,142)(H,120,144)(H,121,141)(H,122,138)(H,123,145)(H,124,139)(H,125,134)(H,148,149)/t54-,72-,73-,74-,75-,76-,77-,78-,79-,80-,81-,82-,83+,89-/m0/s1. The third-order valence-corrected chi connectivity index (χ3v) is 25.2. The Labute approximate surface area is 849 Å².